The third-order valence-electron chi connectivity index (χ3n) is 3.04. The Morgan fingerprint density at radius 1 is 1.14 bits per heavy atom. The second kappa shape index (κ2) is 7.14. The average molecular weight is 304 g/mol. The maximum atomic E-state index is 12.0. The van der Waals surface area contributed by atoms with Crippen LogP contribution < -0.4 is 10.1 Å². The van der Waals surface area contributed by atoms with Gasteiger partial charge in [0.25, 0.3) is 5.91 Å². The summed E-state index contributed by atoms with van der Waals surface area (Å²) in [5, 5.41) is 3.52. The number of halogens is 1. The third kappa shape index (κ3) is 4.50. The van der Waals surface area contributed by atoms with Crippen LogP contribution in [0.5, 0.6) is 5.75 Å². The van der Waals surface area contributed by atoms with E-state index in [0.29, 0.717) is 16.7 Å². The van der Waals surface area contributed by atoms with Gasteiger partial charge in [0, 0.05) is 10.7 Å². The van der Waals surface area contributed by atoms with E-state index in [4.69, 9.17) is 16.3 Å². The van der Waals surface area contributed by atoms with Crippen molar-refractivity contribution in [2.45, 2.75) is 19.8 Å². The molecule has 0 saturated carbocycles. The minimum atomic E-state index is -0.182. The van der Waals surface area contributed by atoms with Crippen LogP contribution in [0.25, 0.3) is 0 Å². The summed E-state index contributed by atoms with van der Waals surface area (Å²) in [6, 6.07) is 14.7. The van der Waals surface area contributed by atoms with Gasteiger partial charge >= 0.3 is 0 Å². The molecule has 0 aromatic heterocycles. The van der Waals surface area contributed by atoms with Gasteiger partial charge < -0.3 is 10.1 Å². The number of carbonyl (C=O) groups excluding carboxylic acids is 1. The number of rotatable bonds is 5. The molecule has 2 rings (SSSR count). The van der Waals surface area contributed by atoms with Crippen molar-refractivity contribution >= 4 is 23.2 Å². The van der Waals surface area contributed by atoms with Gasteiger partial charge in [-0.1, -0.05) is 43.6 Å². The number of carbonyl (C=O) groups is 1. The fourth-order valence-electron chi connectivity index (χ4n) is 1.98. The summed E-state index contributed by atoms with van der Waals surface area (Å²) in [4.78, 5) is 12.0. The van der Waals surface area contributed by atoms with Crippen LogP contribution in [0.15, 0.2) is 48.5 Å². The van der Waals surface area contributed by atoms with E-state index < -0.39 is 0 Å². The molecule has 0 spiro atoms. The van der Waals surface area contributed by atoms with Crippen LogP contribution in [0.4, 0.5) is 5.69 Å². The molecular weight excluding hydrogens is 286 g/mol. The van der Waals surface area contributed by atoms with Crippen molar-refractivity contribution in [3.8, 4) is 5.75 Å². The molecule has 2 aromatic carbocycles. The molecule has 0 heterocycles. The van der Waals surface area contributed by atoms with Crippen molar-refractivity contribution in [2.75, 3.05) is 11.9 Å². The SMILES string of the molecule is CC(C)c1ccccc1NC(=O)COc1ccc(Cl)cc1. The second-order valence-corrected chi connectivity index (χ2v) is 5.47. The fraction of sp³-hybridized carbons (Fsp3) is 0.235. The molecule has 1 N–H and O–H groups in total. The van der Waals surface area contributed by atoms with Crippen molar-refractivity contribution in [2.24, 2.45) is 0 Å². The Balaban J connectivity index is 1.94. The van der Waals surface area contributed by atoms with Crippen molar-refractivity contribution < 1.29 is 9.53 Å². The van der Waals surface area contributed by atoms with Gasteiger partial charge in [0.1, 0.15) is 5.75 Å². The molecule has 0 aliphatic carbocycles. The molecule has 3 nitrogen and oxygen atoms in total. The Bertz CT molecular complexity index is 608. The molecule has 1 amide bonds. The highest BCUT2D eigenvalue weighted by molar-refractivity contribution is 6.30. The monoisotopic (exact) mass is 303 g/mol. The number of nitrogens with one attached hydrogen (secondary N) is 1. The predicted octanol–water partition coefficient (Wildman–Crippen LogP) is 4.48. The number of anilines is 1. The Morgan fingerprint density at radius 3 is 2.48 bits per heavy atom. The van der Waals surface area contributed by atoms with E-state index in [1.165, 1.54) is 0 Å². The zero-order valence-corrected chi connectivity index (χ0v) is 12.9. The lowest BCUT2D eigenvalue weighted by atomic mass is 10.0. The highest BCUT2D eigenvalue weighted by Gasteiger charge is 2.09. The van der Waals surface area contributed by atoms with Crippen LogP contribution in [-0.4, -0.2) is 12.5 Å². The molecule has 2 aromatic rings. The van der Waals surface area contributed by atoms with Gasteiger partial charge in [0.05, 0.1) is 0 Å². The number of amides is 1. The van der Waals surface area contributed by atoms with Crippen molar-refractivity contribution in [1.82, 2.24) is 0 Å². The quantitative estimate of drug-likeness (QED) is 0.884. The highest BCUT2D eigenvalue weighted by Crippen LogP contribution is 2.23. The van der Waals surface area contributed by atoms with Gasteiger partial charge in [-0.15, -0.1) is 0 Å². The molecule has 0 bridgehead atoms. The first kappa shape index (κ1) is 15.4. The van der Waals surface area contributed by atoms with Gasteiger partial charge in [0.2, 0.25) is 0 Å². The highest BCUT2D eigenvalue weighted by atomic mass is 35.5. The maximum absolute atomic E-state index is 12.0. The van der Waals surface area contributed by atoms with Gasteiger partial charge in [-0.2, -0.15) is 0 Å². The summed E-state index contributed by atoms with van der Waals surface area (Å²) in [6.07, 6.45) is 0. The van der Waals surface area contributed by atoms with Gasteiger partial charge in [-0.05, 0) is 41.8 Å². The molecule has 21 heavy (non-hydrogen) atoms. The number of hydrogen-bond acceptors (Lipinski definition) is 2. The van der Waals surface area contributed by atoms with Gasteiger partial charge in [0.15, 0.2) is 6.61 Å². The van der Waals surface area contributed by atoms with Crippen molar-refractivity contribution in [3.63, 3.8) is 0 Å². The first-order valence-electron chi connectivity index (χ1n) is 6.83. The summed E-state index contributed by atoms with van der Waals surface area (Å²) in [6.45, 7) is 4.15. The van der Waals surface area contributed by atoms with Crippen LogP contribution in [0.2, 0.25) is 5.02 Å². The Kier molecular flexibility index (Phi) is 5.23. The Morgan fingerprint density at radius 2 is 1.81 bits per heavy atom. The lowest BCUT2D eigenvalue weighted by molar-refractivity contribution is -0.118. The maximum Gasteiger partial charge on any atom is 0.262 e. The van der Waals surface area contributed by atoms with E-state index in [1.807, 2.05) is 24.3 Å². The van der Waals surface area contributed by atoms with E-state index in [1.54, 1.807) is 24.3 Å². The summed E-state index contributed by atoms with van der Waals surface area (Å²) < 4.78 is 5.42. The molecule has 0 saturated heterocycles. The van der Waals surface area contributed by atoms with Gasteiger partial charge in [-0.25, -0.2) is 0 Å². The summed E-state index contributed by atoms with van der Waals surface area (Å²) in [5.41, 5.74) is 1.94. The van der Waals surface area contributed by atoms with Crippen LogP contribution in [0.3, 0.4) is 0 Å². The molecule has 0 fully saturated rings. The molecule has 0 aliphatic heterocycles. The molecule has 0 atom stereocenters. The van der Waals surface area contributed by atoms with E-state index in [0.717, 1.165) is 11.3 Å². The normalized spacial score (nSPS) is 10.5. The van der Waals surface area contributed by atoms with Gasteiger partial charge in [-0.3, -0.25) is 4.79 Å². The van der Waals surface area contributed by atoms with Crippen LogP contribution >= 0.6 is 11.6 Å². The lowest BCUT2D eigenvalue weighted by Crippen LogP contribution is -2.21. The average Bonchev–Trinajstić information content (AvgIpc) is 2.47. The van der Waals surface area contributed by atoms with Crippen LogP contribution in [-0.2, 0) is 4.79 Å². The number of benzene rings is 2. The molecular formula is C17H18ClNO2. The van der Waals surface area contributed by atoms with E-state index in [2.05, 4.69) is 19.2 Å². The molecule has 0 radical (unpaired) electrons. The van der Waals surface area contributed by atoms with Crippen LogP contribution in [0.1, 0.15) is 25.3 Å². The number of ether oxygens (including phenoxy) is 1. The lowest BCUT2D eigenvalue weighted by Gasteiger charge is -2.14. The topological polar surface area (TPSA) is 38.3 Å². The third-order valence-corrected chi connectivity index (χ3v) is 3.29. The predicted molar refractivity (Wildman–Crippen MR) is 86.1 cm³/mol. The molecule has 4 heteroatoms. The first-order valence-corrected chi connectivity index (χ1v) is 7.21. The minimum absolute atomic E-state index is 0.0337. The summed E-state index contributed by atoms with van der Waals surface area (Å²) >= 11 is 5.79. The molecule has 0 unspecified atom stereocenters. The summed E-state index contributed by atoms with van der Waals surface area (Å²) in [7, 11) is 0. The zero-order chi connectivity index (χ0) is 15.2. The van der Waals surface area contributed by atoms with Crippen LogP contribution in [0, 0.1) is 0 Å². The summed E-state index contributed by atoms with van der Waals surface area (Å²) in [5.74, 6) is 0.781. The van der Waals surface area contributed by atoms with E-state index in [9.17, 15) is 4.79 Å². The standard InChI is InChI=1S/C17H18ClNO2/c1-12(2)15-5-3-4-6-16(15)19-17(20)11-21-14-9-7-13(18)8-10-14/h3-10,12H,11H2,1-2H3,(H,19,20). The van der Waals surface area contributed by atoms with E-state index in [-0.39, 0.29) is 12.5 Å². The van der Waals surface area contributed by atoms with Crippen molar-refractivity contribution in [1.29, 1.82) is 0 Å². The number of para-hydroxylation sites is 1. The fourth-order valence-corrected chi connectivity index (χ4v) is 2.11. The largest absolute Gasteiger partial charge is 0.484 e. The number of hydrogen-bond donors (Lipinski definition) is 1. The Labute approximate surface area is 129 Å². The second-order valence-electron chi connectivity index (χ2n) is 5.03. The zero-order valence-electron chi connectivity index (χ0n) is 12.1. The first-order chi connectivity index (χ1) is 10.1. The molecule has 110 valence electrons. The smallest absolute Gasteiger partial charge is 0.262 e. The molecule has 0 aliphatic rings. The van der Waals surface area contributed by atoms with E-state index >= 15 is 0 Å². The van der Waals surface area contributed by atoms with Crippen molar-refractivity contribution in [3.05, 3.63) is 59.1 Å². The minimum Gasteiger partial charge on any atom is -0.484 e. The Hall–Kier alpha value is -2.00.